The molecule has 0 aliphatic heterocycles. The Morgan fingerprint density at radius 1 is 1.39 bits per heavy atom. The van der Waals surface area contributed by atoms with Gasteiger partial charge in [-0.1, -0.05) is 44.2 Å². The molecule has 0 amide bonds. The van der Waals surface area contributed by atoms with E-state index in [2.05, 4.69) is 4.98 Å². The van der Waals surface area contributed by atoms with Gasteiger partial charge < -0.3 is 9.84 Å². The number of hydrogen-bond donors (Lipinski definition) is 1. The second kappa shape index (κ2) is 6.40. The van der Waals surface area contributed by atoms with Crippen LogP contribution in [0, 0.1) is 11.3 Å². The molecule has 94 valence electrons. The number of carbonyl (C=O) groups excluding carboxylic acids is 1. The van der Waals surface area contributed by atoms with Crippen molar-refractivity contribution in [2.45, 2.75) is 13.8 Å². The Labute approximate surface area is 105 Å². The number of esters is 1. The highest BCUT2D eigenvalue weighted by molar-refractivity contribution is 5.97. The third-order valence-electron chi connectivity index (χ3n) is 2.11. The van der Waals surface area contributed by atoms with E-state index in [1.165, 1.54) is 0 Å². The zero-order valence-corrected chi connectivity index (χ0v) is 10.3. The summed E-state index contributed by atoms with van der Waals surface area (Å²) >= 11 is 0. The molecule has 0 saturated carbocycles. The van der Waals surface area contributed by atoms with Crippen LogP contribution in [0.15, 0.2) is 36.0 Å². The average Bonchev–Trinajstić information content (AvgIpc) is 2.38. The largest absolute Gasteiger partial charge is 0.510 e. The van der Waals surface area contributed by atoms with E-state index < -0.39 is 17.4 Å². The summed E-state index contributed by atoms with van der Waals surface area (Å²) in [6, 6.07) is 8.34. The number of diazo groups is 1. The number of aliphatic hydroxyl groups excluding tert-OH is 1. The number of carbonyl (C=O) groups is 1. The zero-order valence-electron chi connectivity index (χ0n) is 10.3. The lowest BCUT2D eigenvalue weighted by Crippen LogP contribution is -2.12. The van der Waals surface area contributed by atoms with Crippen molar-refractivity contribution in [3.63, 3.8) is 0 Å². The van der Waals surface area contributed by atoms with Crippen molar-refractivity contribution in [2.24, 2.45) is 5.92 Å². The molecule has 0 saturated heterocycles. The maximum absolute atomic E-state index is 11.6. The predicted octanol–water partition coefficient (Wildman–Crippen LogP) is 2.97. The fraction of sp³-hybridized carbons (Fsp3) is 0.308. The molecule has 0 aliphatic carbocycles. The van der Waals surface area contributed by atoms with Gasteiger partial charge in [0.05, 0.1) is 6.61 Å². The first-order chi connectivity index (χ1) is 8.56. The zero-order chi connectivity index (χ0) is 13.5. The highest BCUT2D eigenvalue weighted by atomic mass is 16.5. The summed E-state index contributed by atoms with van der Waals surface area (Å²) in [5.74, 6) is -1.10. The standard InChI is InChI=1S/C13H14N2O3/c1-9(2)8-18-13(17)11(15-14)12(16)10-6-4-3-5-7-10/h3-7,9H,8H2,1-2H3/p+1. The molecule has 0 spiro atoms. The van der Waals surface area contributed by atoms with E-state index in [9.17, 15) is 9.90 Å². The maximum Gasteiger partial charge on any atom is 0.510 e. The van der Waals surface area contributed by atoms with Crippen molar-refractivity contribution in [3.05, 3.63) is 46.6 Å². The second-order valence-corrected chi connectivity index (χ2v) is 4.16. The van der Waals surface area contributed by atoms with Gasteiger partial charge in [0.15, 0.2) is 4.98 Å². The number of benzene rings is 1. The van der Waals surface area contributed by atoms with Crippen LogP contribution < -0.4 is 0 Å². The van der Waals surface area contributed by atoms with Crippen molar-refractivity contribution in [2.75, 3.05) is 6.61 Å². The smallest absolute Gasteiger partial charge is 0.501 e. The molecule has 0 fully saturated rings. The highest BCUT2D eigenvalue weighted by Crippen LogP contribution is 2.18. The second-order valence-electron chi connectivity index (χ2n) is 4.16. The summed E-state index contributed by atoms with van der Waals surface area (Å²) in [5, 5.41) is 18.6. The topological polar surface area (TPSA) is 74.7 Å². The first kappa shape index (κ1) is 13.7. The van der Waals surface area contributed by atoms with Crippen molar-refractivity contribution < 1.29 is 14.6 Å². The molecule has 1 N–H and O–H groups in total. The quantitative estimate of drug-likeness (QED) is 0.384. The van der Waals surface area contributed by atoms with Crippen molar-refractivity contribution >= 4 is 11.7 Å². The predicted molar refractivity (Wildman–Crippen MR) is 66.9 cm³/mol. The van der Waals surface area contributed by atoms with E-state index in [0.29, 0.717) is 5.56 Å². The molecule has 1 rings (SSSR count). The molecular formula is C13H15N2O3+. The summed E-state index contributed by atoms with van der Waals surface area (Å²) < 4.78 is 4.89. The van der Waals surface area contributed by atoms with Crippen LogP contribution in [0.25, 0.3) is 10.7 Å². The van der Waals surface area contributed by atoms with Crippen LogP contribution in [0.2, 0.25) is 0 Å². The molecule has 0 aliphatic rings. The Kier molecular flexibility index (Phi) is 4.88. The van der Waals surface area contributed by atoms with E-state index in [0.717, 1.165) is 0 Å². The van der Waals surface area contributed by atoms with Gasteiger partial charge in [-0.15, -0.1) is 0 Å². The average molecular weight is 247 g/mol. The normalized spacial score (nSPS) is 11.7. The van der Waals surface area contributed by atoms with Gasteiger partial charge >= 0.3 is 11.7 Å². The van der Waals surface area contributed by atoms with E-state index in [4.69, 9.17) is 10.1 Å². The molecule has 0 aromatic heterocycles. The van der Waals surface area contributed by atoms with Crippen molar-refractivity contribution in [1.29, 1.82) is 5.39 Å². The molecule has 18 heavy (non-hydrogen) atoms. The van der Waals surface area contributed by atoms with Gasteiger partial charge in [0, 0.05) is 5.56 Å². The highest BCUT2D eigenvalue weighted by Gasteiger charge is 2.31. The lowest BCUT2D eigenvalue weighted by Gasteiger charge is -2.03. The van der Waals surface area contributed by atoms with Gasteiger partial charge in [0.2, 0.25) is 11.2 Å². The number of rotatable bonds is 4. The van der Waals surface area contributed by atoms with Crippen LogP contribution in [-0.4, -0.2) is 17.7 Å². The molecule has 1 aromatic rings. The SMILES string of the molecule is CC(C)COC(=O)/C([N+]#N)=C(\O)c1ccccc1. The van der Waals surface area contributed by atoms with E-state index in [1.54, 1.807) is 30.3 Å². The Bertz CT molecular complexity index is 487. The van der Waals surface area contributed by atoms with Gasteiger partial charge in [-0.05, 0) is 5.92 Å². The number of ether oxygens (including phenoxy) is 1. The number of aliphatic hydroxyl groups is 1. The monoisotopic (exact) mass is 247 g/mol. The van der Waals surface area contributed by atoms with Gasteiger partial charge in [0.1, 0.15) is 0 Å². The van der Waals surface area contributed by atoms with Crippen molar-refractivity contribution in [3.8, 4) is 0 Å². The minimum atomic E-state index is -0.854. The Morgan fingerprint density at radius 2 is 2.00 bits per heavy atom. The number of nitrogens with zero attached hydrogens (tertiary/aromatic N) is 2. The van der Waals surface area contributed by atoms with Crippen LogP contribution in [0.5, 0.6) is 0 Å². The van der Waals surface area contributed by atoms with Gasteiger partial charge in [-0.25, -0.2) is 4.79 Å². The fourth-order valence-corrected chi connectivity index (χ4v) is 1.23. The maximum atomic E-state index is 11.6. The lowest BCUT2D eigenvalue weighted by molar-refractivity contribution is -0.139. The Morgan fingerprint density at radius 3 is 2.50 bits per heavy atom. The molecule has 0 heterocycles. The van der Waals surface area contributed by atoms with E-state index >= 15 is 0 Å². The van der Waals surface area contributed by atoms with Crippen molar-refractivity contribution in [1.82, 2.24) is 0 Å². The molecule has 0 radical (unpaired) electrons. The minimum absolute atomic E-state index is 0.160. The van der Waals surface area contributed by atoms with E-state index in [-0.39, 0.29) is 12.5 Å². The minimum Gasteiger partial charge on any atom is -0.501 e. The molecule has 0 atom stereocenters. The third kappa shape index (κ3) is 3.59. The van der Waals surface area contributed by atoms with Crippen LogP contribution in [-0.2, 0) is 9.53 Å². The summed E-state index contributed by atoms with van der Waals surface area (Å²) in [7, 11) is 0. The van der Waals surface area contributed by atoms with Crippen LogP contribution in [0.4, 0.5) is 0 Å². The summed E-state index contributed by atoms with van der Waals surface area (Å²) in [4.78, 5) is 14.4. The molecule has 0 bridgehead atoms. The first-order valence-corrected chi connectivity index (χ1v) is 5.57. The Hall–Kier alpha value is -2.35. The summed E-state index contributed by atoms with van der Waals surface area (Å²) in [6.45, 7) is 3.95. The van der Waals surface area contributed by atoms with Gasteiger partial charge in [-0.3, -0.25) is 0 Å². The lowest BCUT2D eigenvalue weighted by atomic mass is 10.1. The molecule has 1 aromatic carbocycles. The third-order valence-corrected chi connectivity index (χ3v) is 2.11. The molecule has 5 nitrogen and oxygen atoms in total. The molecule has 0 unspecified atom stereocenters. The molecule has 5 heteroatoms. The van der Waals surface area contributed by atoms with Gasteiger partial charge in [0.25, 0.3) is 0 Å². The van der Waals surface area contributed by atoms with Crippen LogP contribution >= 0.6 is 0 Å². The van der Waals surface area contributed by atoms with Crippen LogP contribution in [0.3, 0.4) is 0 Å². The van der Waals surface area contributed by atoms with Crippen LogP contribution in [0.1, 0.15) is 19.4 Å². The Balaban J connectivity index is 2.95. The van der Waals surface area contributed by atoms with E-state index in [1.807, 2.05) is 13.8 Å². The van der Waals surface area contributed by atoms with Gasteiger partial charge in [-0.2, -0.15) is 0 Å². The molecular weight excluding hydrogens is 232 g/mol. The summed E-state index contributed by atoms with van der Waals surface area (Å²) in [5.41, 5.74) is -0.117. The number of hydrogen-bond acceptors (Lipinski definition) is 4. The first-order valence-electron chi connectivity index (χ1n) is 5.57. The summed E-state index contributed by atoms with van der Waals surface area (Å²) in [6.07, 6.45) is 0. The fourth-order valence-electron chi connectivity index (χ4n) is 1.23.